The molecule has 0 fully saturated rings. The van der Waals surface area contributed by atoms with Gasteiger partial charge >= 0.3 is 0 Å². The number of anilines is 1. The Balaban J connectivity index is 1.96. The molecule has 0 aliphatic rings. The van der Waals surface area contributed by atoms with Gasteiger partial charge in [0.1, 0.15) is 5.75 Å². The Morgan fingerprint density at radius 1 is 1.04 bits per heavy atom. The standard InChI is InChI=1S/C21H26N2O3/c1-16(2)26-20-12-8-7-11-19(20)22-21(25)15-23(17(3)24)14-13-18-9-5-4-6-10-18/h4-12,16H,13-15H2,1-3H3,(H,22,25). The van der Waals surface area contributed by atoms with Gasteiger partial charge in [0.25, 0.3) is 0 Å². The number of ether oxygens (including phenoxy) is 1. The molecule has 0 aliphatic heterocycles. The first kappa shape index (κ1) is 19.5. The van der Waals surface area contributed by atoms with Crippen LogP contribution in [0.5, 0.6) is 5.75 Å². The van der Waals surface area contributed by atoms with E-state index in [4.69, 9.17) is 4.74 Å². The Hall–Kier alpha value is -2.82. The van der Waals surface area contributed by atoms with Gasteiger partial charge in [-0.25, -0.2) is 0 Å². The highest BCUT2D eigenvalue weighted by Crippen LogP contribution is 2.24. The third-order valence-corrected chi connectivity index (χ3v) is 3.82. The van der Waals surface area contributed by atoms with Crippen LogP contribution in [0.3, 0.4) is 0 Å². The molecular weight excluding hydrogens is 328 g/mol. The van der Waals surface area contributed by atoms with Gasteiger partial charge in [-0.2, -0.15) is 0 Å². The van der Waals surface area contributed by atoms with Crippen LogP contribution >= 0.6 is 0 Å². The summed E-state index contributed by atoms with van der Waals surface area (Å²) in [5, 5.41) is 2.84. The normalized spacial score (nSPS) is 10.5. The van der Waals surface area contributed by atoms with E-state index in [1.165, 1.54) is 6.92 Å². The number of hydrogen-bond acceptors (Lipinski definition) is 3. The molecule has 0 heterocycles. The molecule has 2 aromatic rings. The van der Waals surface area contributed by atoms with Crippen LogP contribution in [0.15, 0.2) is 54.6 Å². The van der Waals surface area contributed by atoms with E-state index < -0.39 is 0 Å². The van der Waals surface area contributed by atoms with Gasteiger partial charge in [-0.05, 0) is 38.0 Å². The Morgan fingerprint density at radius 2 is 1.69 bits per heavy atom. The summed E-state index contributed by atoms with van der Waals surface area (Å²) in [6.07, 6.45) is 0.716. The molecule has 138 valence electrons. The lowest BCUT2D eigenvalue weighted by atomic mass is 10.1. The molecule has 0 radical (unpaired) electrons. The molecule has 0 saturated carbocycles. The molecule has 0 saturated heterocycles. The minimum Gasteiger partial charge on any atom is -0.489 e. The predicted molar refractivity (Wildman–Crippen MR) is 103 cm³/mol. The molecule has 2 rings (SSSR count). The van der Waals surface area contributed by atoms with E-state index in [2.05, 4.69) is 5.32 Å². The minimum atomic E-state index is -0.243. The summed E-state index contributed by atoms with van der Waals surface area (Å²) < 4.78 is 5.71. The Labute approximate surface area is 155 Å². The van der Waals surface area contributed by atoms with E-state index in [-0.39, 0.29) is 24.5 Å². The summed E-state index contributed by atoms with van der Waals surface area (Å²) in [6, 6.07) is 17.2. The summed E-state index contributed by atoms with van der Waals surface area (Å²) >= 11 is 0. The lowest BCUT2D eigenvalue weighted by molar-refractivity contribution is -0.132. The van der Waals surface area contributed by atoms with Crippen molar-refractivity contribution < 1.29 is 14.3 Å². The first-order chi connectivity index (χ1) is 12.5. The number of rotatable bonds is 8. The van der Waals surface area contributed by atoms with Crippen molar-refractivity contribution in [2.75, 3.05) is 18.4 Å². The largest absolute Gasteiger partial charge is 0.489 e. The molecule has 0 atom stereocenters. The molecule has 0 aliphatic carbocycles. The van der Waals surface area contributed by atoms with Crippen LogP contribution in [0.1, 0.15) is 26.3 Å². The monoisotopic (exact) mass is 354 g/mol. The van der Waals surface area contributed by atoms with Crippen LogP contribution < -0.4 is 10.1 Å². The van der Waals surface area contributed by atoms with Crippen molar-refractivity contribution in [2.45, 2.75) is 33.3 Å². The number of nitrogens with zero attached hydrogens (tertiary/aromatic N) is 1. The lowest BCUT2D eigenvalue weighted by Gasteiger charge is -2.21. The second-order valence-corrected chi connectivity index (χ2v) is 6.39. The second kappa shape index (κ2) is 9.61. The van der Waals surface area contributed by atoms with Gasteiger partial charge in [0, 0.05) is 13.5 Å². The Morgan fingerprint density at radius 3 is 2.35 bits per heavy atom. The fourth-order valence-electron chi connectivity index (χ4n) is 2.55. The number of amides is 2. The average molecular weight is 354 g/mol. The third-order valence-electron chi connectivity index (χ3n) is 3.82. The van der Waals surface area contributed by atoms with Crippen molar-refractivity contribution in [2.24, 2.45) is 0 Å². The zero-order chi connectivity index (χ0) is 18.9. The van der Waals surface area contributed by atoms with Crippen molar-refractivity contribution in [3.8, 4) is 5.75 Å². The van der Waals surface area contributed by atoms with Crippen LogP contribution in [0.25, 0.3) is 0 Å². The highest BCUT2D eigenvalue weighted by molar-refractivity contribution is 5.95. The molecule has 0 spiro atoms. The predicted octanol–water partition coefficient (Wildman–Crippen LogP) is 3.50. The van der Waals surface area contributed by atoms with Gasteiger partial charge in [0.05, 0.1) is 18.3 Å². The molecular formula is C21H26N2O3. The number of benzene rings is 2. The molecule has 0 aromatic heterocycles. The maximum Gasteiger partial charge on any atom is 0.244 e. The highest BCUT2D eigenvalue weighted by Gasteiger charge is 2.15. The molecule has 0 unspecified atom stereocenters. The van der Waals surface area contributed by atoms with Crippen molar-refractivity contribution in [1.29, 1.82) is 0 Å². The second-order valence-electron chi connectivity index (χ2n) is 6.39. The molecule has 2 aromatic carbocycles. The van der Waals surface area contributed by atoms with Gasteiger partial charge in [-0.1, -0.05) is 42.5 Å². The van der Waals surface area contributed by atoms with E-state index >= 15 is 0 Å². The highest BCUT2D eigenvalue weighted by atomic mass is 16.5. The minimum absolute atomic E-state index is 0.00708. The summed E-state index contributed by atoms with van der Waals surface area (Å²) in [5.41, 5.74) is 1.74. The van der Waals surface area contributed by atoms with Crippen LogP contribution in [-0.2, 0) is 16.0 Å². The number of nitrogens with one attached hydrogen (secondary N) is 1. The Kier molecular flexibility index (Phi) is 7.21. The van der Waals surface area contributed by atoms with Crippen LogP contribution in [-0.4, -0.2) is 35.9 Å². The Bertz CT molecular complexity index is 729. The molecule has 5 nitrogen and oxygen atoms in total. The van der Waals surface area contributed by atoms with Gasteiger partial charge < -0.3 is 15.0 Å². The maximum absolute atomic E-state index is 12.4. The number of hydrogen-bond donors (Lipinski definition) is 1. The molecule has 26 heavy (non-hydrogen) atoms. The van der Waals surface area contributed by atoms with Gasteiger partial charge in [-0.15, -0.1) is 0 Å². The summed E-state index contributed by atoms with van der Waals surface area (Å²) in [4.78, 5) is 25.9. The molecule has 2 amide bonds. The fourth-order valence-corrected chi connectivity index (χ4v) is 2.55. The van der Waals surface area contributed by atoms with E-state index in [0.717, 1.165) is 5.56 Å². The topological polar surface area (TPSA) is 58.6 Å². The third kappa shape index (κ3) is 6.24. The fraction of sp³-hybridized carbons (Fsp3) is 0.333. The van der Waals surface area contributed by atoms with Crippen molar-refractivity contribution in [1.82, 2.24) is 4.90 Å². The summed E-state index contributed by atoms with van der Waals surface area (Å²) in [5.74, 6) is 0.255. The van der Waals surface area contributed by atoms with Gasteiger partial charge in [0.2, 0.25) is 11.8 Å². The average Bonchev–Trinajstić information content (AvgIpc) is 2.60. The number of carbonyl (C=O) groups is 2. The lowest BCUT2D eigenvalue weighted by Crippen LogP contribution is -2.38. The van der Waals surface area contributed by atoms with Gasteiger partial charge in [0.15, 0.2) is 0 Å². The van der Waals surface area contributed by atoms with Crippen molar-refractivity contribution in [3.05, 3.63) is 60.2 Å². The zero-order valence-corrected chi connectivity index (χ0v) is 15.6. The smallest absolute Gasteiger partial charge is 0.244 e. The number of para-hydroxylation sites is 2. The zero-order valence-electron chi connectivity index (χ0n) is 15.6. The van der Waals surface area contributed by atoms with E-state index in [1.54, 1.807) is 11.0 Å². The SMILES string of the molecule is CC(=O)N(CCc1ccccc1)CC(=O)Nc1ccccc1OC(C)C. The molecule has 0 bridgehead atoms. The van der Waals surface area contributed by atoms with E-state index in [9.17, 15) is 9.59 Å². The molecule has 5 heteroatoms. The first-order valence-electron chi connectivity index (χ1n) is 8.80. The summed E-state index contributed by atoms with van der Waals surface area (Å²) in [6.45, 7) is 5.85. The van der Waals surface area contributed by atoms with Gasteiger partial charge in [-0.3, -0.25) is 9.59 Å². The number of carbonyl (C=O) groups excluding carboxylic acids is 2. The van der Waals surface area contributed by atoms with Crippen molar-refractivity contribution in [3.63, 3.8) is 0 Å². The van der Waals surface area contributed by atoms with Crippen LogP contribution in [0.4, 0.5) is 5.69 Å². The quantitative estimate of drug-likeness (QED) is 0.789. The maximum atomic E-state index is 12.4. The van der Waals surface area contributed by atoms with Crippen LogP contribution in [0.2, 0.25) is 0 Å². The van der Waals surface area contributed by atoms with Crippen molar-refractivity contribution >= 4 is 17.5 Å². The van der Waals surface area contributed by atoms with E-state index in [0.29, 0.717) is 24.4 Å². The molecule has 1 N–H and O–H groups in total. The van der Waals surface area contributed by atoms with Crippen LogP contribution in [0, 0.1) is 0 Å². The van der Waals surface area contributed by atoms with E-state index in [1.807, 2.05) is 62.4 Å². The summed E-state index contributed by atoms with van der Waals surface area (Å²) in [7, 11) is 0. The first-order valence-corrected chi connectivity index (χ1v) is 8.80.